The number of likely N-dealkylation sites (N-methyl/N-ethyl adjacent to an activating group) is 1. The Kier molecular flexibility index (Phi) is 16.7. The van der Waals surface area contributed by atoms with E-state index in [0.29, 0.717) is 29.7 Å². The second-order valence-electron chi connectivity index (χ2n) is 12.7. The number of carbonyl (C=O) groups is 1. The first-order chi connectivity index (χ1) is 21.5. The molecule has 0 fully saturated rings. The van der Waals surface area contributed by atoms with Gasteiger partial charge in [-0.2, -0.15) is 0 Å². The fourth-order valence-corrected chi connectivity index (χ4v) is 4.97. The molecule has 0 aromatic heterocycles. The Hall–Kier alpha value is -3.38. The van der Waals surface area contributed by atoms with E-state index in [9.17, 15) is 4.79 Å². The number of hydrogen-bond acceptors (Lipinski definition) is 4. The maximum Gasteiger partial charge on any atom is 0.260 e. The van der Waals surface area contributed by atoms with Gasteiger partial charge in [-0.05, 0) is 89.6 Å². The standard InChI is InChI=1S/C39H60N4O2/c1-11-30(6)22-25-43(39(44)37(26-31(7)12-2)32(8)41-33(9)40-13-3)35-20-17-21-36(27-35)45-38(29(4)5)28-42(10)24-23-34-18-15-14-16-19-34/h14-21,26-27,29-30,38H,11-13,22-25,28H2,1-10H3,(H,40,41)/b31-26-,37-32+. The summed E-state index contributed by atoms with van der Waals surface area (Å²) in [5.74, 6) is 2.39. The average molecular weight is 617 g/mol. The largest absolute Gasteiger partial charge is 0.489 e. The summed E-state index contributed by atoms with van der Waals surface area (Å²) in [6.07, 6.45) is 5.88. The van der Waals surface area contributed by atoms with Gasteiger partial charge < -0.3 is 19.9 Å². The van der Waals surface area contributed by atoms with Gasteiger partial charge >= 0.3 is 0 Å². The van der Waals surface area contributed by atoms with E-state index in [4.69, 9.17) is 9.73 Å². The van der Waals surface area contributed by atoms with Crippen molar-refractivity contribution in [2.24, 2.45) is 16.8 Å². The van der Waals surface area contributed by atoms with Crippen molar-refractivity contribution in [2.45, 2.75) is 94.1 Å². The van der Waals surface area contributed by atoms with Gasteiger partial charge in [0, 0.05) is 37.9 Å². The summed E-state index contributed by atoms with van der Waals surface area (Å²) in [6.45, 7) is 22.2. The minimum atomic E-state index is -0.0325. The number of amidine groups is 1. The molecule has 2 atom stereocenters. The number of benzene rings is 2. The predicted octanol–water partition coefficient (Wildman–Crippen LogP) is 8.69. The predicted molar refractivity (Wildman–Crippen MR) is 193 cm³/mol. The van der Waals surface area contributed by atoms with Gasteiger partial charge in [-0.3, -0.25) is 4.79 Å². The third-order valence-corrected chi connectivity index (χ3v) is 8.40. The van der Waals surface area contributed by atoms with Crippen LogP contribution in [0, 0.1) is 11.8 Å². The summed E-state index contributed by atoms with van der Waals surface area (Å²) in [4.78, 5) is 23.5. The van der Waals surface area contributed by atoms with Gasteiger partial charge in [-0.25, -0.2) is 4.99 Å². The SMILES string of the molecule is CCN/C(C)=N/C(C)=C(\C=C(\C)CC)C(=O)N(CCC(C)CC)c1cccc(OC(CN(C)CCc2ccccc2)C(C)C)c1. The Labute approximate surface area is 274 Å². The number of rotatable bonds is 18. The van der Waals surface area contributed by atoms with Crippen molar-refractivity contribution in [1.29, 1.82) is 0 Å². The molecule has 2 rings (SSSR count). The molecule has 0 aliphatic carbocycles. The number of anilines is 1. The highest BCUT2D eigenvalue weighted by molar-refractivity contribution is 6.08. The molecule has 0 aliphatic heterocycles. The lowest BCUT2D eigenvalue weighted by Crippen LogP contribution is -2.37. The molecular formula is C39H60N4O2. The lowest BCUT2D eigenvalue weighted by Gasteiger charge is -2.29. The van der Waals surface area contributed by atoms with E-state index in [-0.39, 0.29) is 12.0 Å². The molecule has 248 valence electrons. The highest BCUT2D eigenvalue weighted by Crippen LogP contribution is 2.27. The van der Waals surface area contributed by atoms with E-state index in [1.54, 1.807) is 0 Å². The number of hydrogen-bond donors (Lipinski definition) is 1. The van der Waals surface area contributed by atoms with Gasteiger partial charge in [0.15, 0.2) is 0 Å². The van der Waals surface area contributed by atoms with Gasteiger partial charge in [-0.15, -0.1) is 0 Å². The van der Waals surface area contributed by atoms with Crippen molar-refractivity contribution in [3.8, 4) is 5.75 Å². The summed E-state index contributed by atoms with van der Waals surface area (Å²) in [7, 11) is 2.16. The third kappa shape index (κ3) is 13.2. The fourth-order valence-electron chi connectivity index (χ4n) is 4.97. The number of nitrogens with one attached hydrogen (secondary N) is 1. The molecule has 45 heavy (non-hydrogen) atoms. The van der Waals surface area contributed by atoms with Crippen LogP contribution in [0.15, 0.2) is 82.5 Å². The summed E-state index contributed by atoms with van der Waals surface area (Å²) in [5, 5.41) is 3.26. The van der Waals surface area contributed by atoms with E-state index in [1.165, 1.54) is 5.56 Å². The lowest BCUT2D eigenvalue weighted by molar-refractivity contribution is -0.115. The number of nitrogens with zero attached hydrogens (tertiary/aromatic N) is 3. The zero-order valence-corrected chi connectivity index (χ0v) is 29.8. The van der Waals surface area contributed by atoms with Crippen LogP contribution in [-0.2, 0) is 11.2 Å². The van der Waals surface area contributed by atoms with Gasteiger partial charge in [0.25, 0.3) is 5.91 Å². The summed E-state index contributed by atoms with van der Waals surface area (Å²) in [5.41, 5.74) is 4.68. The first-order valence-electron chi connectivity index (χ1n) is 17.0. The molecule has 2 aromatic carbocycles. The Morgan fingerprint density at radius 2 is 1.69 bits per heavy atom. The Balaban J connectivity index is 2.40. The second-order valence-corrected chi connectivity index (χ2v) is 12.7. The molecule has 0 aliphatic rings. The maximum atomic E-state index is 14.4. The molecule has 0 saturated heterocycles. The van der Waals surface area contributed by atoms with Gasteiger partial charge in [-0.1, -0.05) is 83.0 Å². The minimum Gasteiger partial charge on any atom is -0.489 e. The zero-order chi connectivity index (χ0) is 33.4. The molecule has 0 saturated carbocycles. The van der Waals surface area contributed by atoms with E-state index >= 15 is 0 Å². The highest BCUT2D eigenvalue weighted by Gasteiger charge is 2.23. The van der Waals surface area contributed by atoms with Crippen LogP contribution in [0.25, 0.3) is 0 Å². The smallest absolute Gasteiger partial charge is 0.260 e. The Bertz CT molecular complexity index is 1260. The van der Waals surface area contributed by atoms with Crippen molar-refractivity contribution in [3.63, 3.8) is 0 Å². The number of aliphatic imine (C=N–C) groups is 1. The monoisotopic (exact) mass is 616 g/mol. The molecular weight excluding hydrogens is 556 g/mol. The molecule has 0 heterocycles. The van der Waals surface area contributed by atoms with E-state index in [2.05, 4.69) is 89.1 Å². The van der Waals surface area contributed by atoms with Crippen molar-refractivity contribution in [3.05, 3.63) is 83.1 Å². The molecule has 0 spiro atoms. The van der Waals surface area contributed by atoms with E-state index in [1.807, 2.05) is 56.0 Å². The van der Waals surface area contributed by atoms with Crippen LogP contribution in [-0.4, -0.2) is 56.0 Å². The summed E-state index contributed by atoms with van der Waals surface area (Å²) in [6, 6.07) is 18.7. The number of amides is 1. The van der Waals surface area contributed by atoms with Gasteiger partial charge in [0.1, 0.15) is 11.9 Å². The second kappa shape index (κ2) is 19.9. The number of allylic oxidation sites excluding steroid dienone is 2. The van der Waals surface area contributed by atoms with Crippen molar-refractivity contribution >= 4 is 17.4 Å². The average Bonchev–Trinajstić information content (AvgIpc) is 3.02. The zero-order valence-electron chi connectivity index (χ0n) is 29.8. The van der Waals surface area contributed by atoms with E-state index in [0.717, 1.165) is 68.2 Å². The molecule has 0 radical (unpaired) electrons. The summed E-state index contributed by atoms with van der Waals surface area (Å²) < 4.78 is 6.65. The molecule has 2 unspecified atom stereocenters. The van der Waals surface area contributed by atoms with Crippen LogP contribution in [0.2, 0.25) is 0 Å². The van der Waals surface area contributed by atoms with Crippen LogP contribution in [0.4, 0.5) is 5.69 Å². The van der Waals surface area contributed by atoms with Crippen LogP contribution in [0.1, 0.15) is 87.1 Å². The molecule has 1 N–H and O–H groups in total. The minimum absolute atomic E-state index is 0.0153. The summed E-state index contributed by atoms with van der Waals surface area (Å²) >= 11 is 0. The molecule has 6 heteroatoms. The topological polar surface area (TPSA) is 57.2 Å². The first-order valence-corrected chi connectivity index (χ1v) is 17.0. The molecule has 1 amide bonds. The van der Waals surface area contributed by atoms with Crippen LogP contribution in [0.5, 0.6) is 5.75 Å². The van der Waals surface area contributed by atoms with Crippen molar-refractivity contribution < 1.29 is 9.53 Å². The quantitative estimate of drug-likeness (QED) is 0.0788. The maximum absolute atomic E-state index is 14.4. The van der Waals surface area contributed by atoms with Crippen LogP contribution >= 0.6 is 0 Å². The lowest BCUT2D eigenvalue weighted by atomic mass is 10.0. The molecule has 6 nitrogen and oxygen atoms in total. The van der Waals surface area contributed by atoms with E-state index < -0.39 is 0 Å². The molecule has 0 bridgehead atoms. The van der Waals surface area contributed by atoms with Crippen LogP contribution in [0.3, 0.4) is 0 Å². The number of carbonyl (C=O) groups excluding carboxylic acids is 1. The Morgan fingerprint density at radius 1 is 0.978 bits per heavy atom. The van der Waals surface area contributed by atoms with Gasteiger partial charge in [0.2, 0.25) is 0 Å². The highest BCUT2D eigenvalue weighted by atomic mass is 16.5. The third-order valence-electron chi connectivity index (χ3n) is 8.40. The van der Waals surface area contributed by atoms with Crippen LogP contribution < -0.4 is 15.0 Å². The normalized spacial score (nSPS) is 14.3. The fraction of sp³-hybridized carbons (Fsp3) is 0.538. The van der Waals surface area contributed by atoms with Crippen molar-refractivity contribution in [2.75, 3.05) is 38.1 Å². The number of ether oxygens (including phenoxy) is 1. The van der Waals surface area contributed by atoms with Crippen molar-refractivity contribution in [1.82, 2.24) is 10.2 Å². The van der Waals surface area contributed by atoms with Gasteiger partial charge in [0.05, 0.1) is 17.1 Å². The molecule has 2 aromatic rings. The first kappa shape index (κ1) is 37.8. The Morgan fingerprint density at radius 3 is 2.31 bits per heavy atom.